The Morgan fingerprint density at radius 3 is 2.43 bits per heavy atom. The zero-order chi connectivity index (χ0) is 19.7. The molecule has 0 atom stereocenters. The van der Waals surface area contributed by atoms with Crippen molar-refractivity contribution in [1.82, 2.24) is 14.5 Å². The molecule has 7 nitrogen and oxygen atoms in total. The third kappa shape index (κ3) is 3.31. The third-order valence-corrected chi connectivity index (χ3v) is 4.92. The molecule has 1 saturated heterocycles. The number of carboxylic acid groups (broad SMARTS) is 1. The van der Waals surface area contributed by atoms with Crippen molar-refractivity contribution in [3.05, 3.63) is 59.2 Å². The number of carbonyl (C=O) groups is 2. The standard InChI is InChI=1S/C21H21N3O4/c1-2-28-21-22-17-9-8-16(19(25)23-10-3-11-23)12-18(17)24(21)13-14-4-6-15(7-5-14)20(26)27/h4-9,12H,2-3,10-11,13H2,1H3,(H,26,27). The summed E-state index contributed by atoms with van der Waals surface area (Å²) >= 11 is 0. The van der Waals surface area contributed by atoms with Gasteiger partial charge in [0.15, 0.2) is 0 Å². The van der Waals surface area contributed by atoms with Crippen LogP contribution in [-0.2, 0) is 6.54 Å². The lowest BCUT2D eigenvalue weighted by Gasteiger charge is -2.30. The Morgan fingerprint density at radius 2 is 1.82 bits per heavy atom. The first-order chi connectivity index (χ1) is 13.6. The van der Waals surface area contributed by atoms with Crippen LogP contribution in [0, 0.1) is 0 Å². The quantitative estimate of drug-likeness (QED) is 0.712. The highest BCUT2D eigenvalue weighted by atomic mass is 16.5. The Bertz CT molecular complexity index is 1040. The molecule has 0 radical (unpaired) electrons. The second-order valence-electron chi connectivity index (χ2n) is 6.76. The molecule has 1 aromatic heterocycles. The maximum Gasteiger partial charge on any atom is 0.335 e. The van der Waals surface area contributed by atoms with Gasteiger partial charge in [-0.1, -0.05) is 12.1 Å². The number of imidazole rings is 1. The molecule has 3 aromatic rings. The van der Waals surface area contributed by atoms with E-state index in [-0.39, 0.29) is 11.5 Å². The van der Waals surface area contributed by atoms with Crippen LogP contribution in [0.25, 0.3) is 11.0 Å². The summed E-state index contributed by atoms with van der Waals surface area (Å²) < 4.78 is 7.62. The van der Waals surface area contributed by atoms with Crippen LogP contribution in [0.3, 0.4) is 0 Å². The van der Waals surface area contributed by atoms with Crippen LogP contribution >= 0.6 is 0 Å². The lowest BCUT2D eigenvalue weighted by Crippen LogP contribution is -2.42. The first-order valence-electron chi connectivity index (χ1n) is 9.31. The number of hydrogen-bond acceptors (Lipinski definition) is 4. The number of rotatable bonds is 6. The Morgan fingerprint density at radius 1 is 1.11 bits per heavy atom. The van der Waals surface area contributed by atoms with E-state index in [0.717, 1.165) is 36.1 Å². The topological polar surface area (TPSA) is 84.7 Å². The number of aromatic nitrogens is 2. The largest absolute Gasteiger partial charge is 0.478 e. The molecule has 2 heterocycles. The van der Waals surface area contributed by atoms with Crippen LogP contribution in [0.4, 0.5) is 0 Å². The fourth-order valence-corrected chi connectivity index (χ4v) is 3.26. The van der Waals surface area contributed by atoms with Gasteiger partial charge in [-0.2, -0.15) is 4.98 Å². The average molecular weight is 379 g/mol. The highest BCUT2D eigenvalue weighted by Crippen LogP contribution is 2.25. The van der Waals surface area contributed by atoms with E-state index in [4.69, 9.17) is 9.84 Å². The molecule has 1 aliphatic rings. The van der Waals surface area contributed by atoms with Crippen LogP contribution < -0.4 is 4.74 Å². The summed E-state index contributed by atoms with van der Waals surface area (Å²) in [6, 6.07) is 12.7. The van der Waals surface area contributed by atoms with E-state index in [9.17, 15) is 9.59 Å². The summed E-state index contributed by atoms with van der Waals surface area (Å²) in [5.74, 6) is -0.923. The summed E-state index contributed by atoms with van der Waals surface area (Å²) in [7, 11) is 0. The van der Waals surface area contributed by atoms with Gasteiger partial charge < -0.3 is 14.7 Å². The lowest BCUT2D eigenvalue weighted by molar-refractivity contribution is 0.0650. The Hall–Kier alpha value is -3.35. The molecule has 28 heavy (non-hydrogen) atoms. The molecule has 144 valence electrons. The zero-order valence-corrected chi connectivity index (χ0v) is 15.6. The van der Waals surface area contributed by atoms with Gasteiger partial charge in [-0.25, -0.2) is 4.79 Å². The maximum absolute atomic E-state index is 12.6. The molecular weight excluding hydrogens is 358 g/mol. The van der Waals surface area contributed by atoms with Gasteiger partial charge in [0.25, 0.3) is 11.9 Å². The van der Waals surface area contributed by atoms with Crippen LogP contribution in [-0.4, -0.2) is 51.1 Å². The number of hydrogen-bond donors (Lipinski definition) is 1. The number of amides is 1. The molecule has 1 N–H and O–H groups in total. The molecule has 0 saturated carbocycles. The molecule has 0 aliphatic carbocycles. The van der Waals surface area contributed by atoms with Crippen LogP contribution in [0.2, 0.25) is 0 Å². The number of fused-ring (bicyclic) bond motifs is 1. The number of benzene rings is 2. The van der Waals surface area contributed by atoms with Crippen molar-refractivity contribution in [2.45, 2.75) is 19.9 Å². The molecule has 0 bridgehead atoms. The summed E-state index contributed by atoms with van der Waals surface area (Å²) in [5.41, 5.74) is 3.37. The number of carbonyl (C=O) groups excluding carboxylic acids is 1. The molecule has 2 aromatic carbocycles. The van der Waals surface area contributed by atoms with Gasteiger partial charge >= 0.3 is 5.97 Å². The van der Waals surface area contributed by atoms with Gasteiger partial charge in [0.2, 0.25) is 0 Å². The molecule has 1 amide bonds. The van der Waals surface area contributed by atoms with E-state index >= 15 is 0 Å². The minimum absolute atomic E-state index is 0.0321. The Labute approximate surface area is 162 Å². The summed E-state index contributed by atoms with van der Waals surface area (Å²) in [4.78, 5) is 30.0. The fraction of sp³-hybridized carbons (Fsp3) is 0.286. The minimum atomic E-state index is -0.955. The van der Waals surface area contributed by atoms with Crippen molar-refractivity contribution in [1.29, 1.82) is 0 Å². The van der Waals surface area contributed by atoms with Crippen molar-refractivity contribution < 1.29 is 19.4 Å². The molecule has 7 heteroatoms. The Kier molecular flexibility index (Phi) is 4.73. The minimum Gasteiger partial charge on any atom is -0.478 e. The van der Waals surface area contributed by atoms with E-state index < -0.39 is 5.97 Å². The van der Waals surface area contributed by atoms with E-state index in [0.29, 0.717) is 24.7 Å². The van der Waals surface area contributed by atoms with Crippen molar-refractivity contribution in [2.24, 2.45) is 0 Å². The number of aromatic carboxylic acids is 1. The van der Waals surface area contributed by atoms with E-state index in [1.54, 1.807) is 30.3 Å². The van der Waals surface area contributed by atoms with Gasteiger partial charge in [0.05, 0.1) is 29.7 Å². The summed E-state index contributed by atoms with van der Waals surface area (Å²) in [6.45, 7) is 4.44. The average Bonchev–Trinajstić information content (AvgIpc) is 2.97. The van der Waals surface area contributed by atoms with Gasteiger partial charge in [-0.15, -0.1) is 0 Å². The van der Waals surface area contributed by atoms with Crippen molar-refractivity contribution >= 4 is 22.9 Å². The number of nitrogens with zero attached hydrogens (tertiary/aromatic N) is 3. The normalized spacial score (nSPS) is 13.4. The molecule has 0 spiro atoms. The van der Waals surface area contributed by atoms with Gasteiger partial charge in [-0.3, -0.25) is 9.36 Å². The second-order valence-corrected chi connectivity index (χ2v) is 6.76. The van der Waals surface area contributed by atoms with E-state index in [1.807, 2.05) is 28.5 Å². The van der Waals surface area contributed by atoms with E-state index in [1.165, 1.54) is 0 Å². The fourth-order valence-electron chi connectivity index (χ4n) is 3.26. The predicted octanol–water partition coefficient (Wildman–Crippen LogP) is 3.03. The molecule has 1 aliphatic heterocycles. The van der Waals surface area contributed by atoms with E-state index in [2.05, 4.69) is 4.98 Å². The smallest absolute Gasteiger partial charge is 0.335 e. The van der Waals surface area contributed by atoms with Crippen molar-refractivity contribution in [3.8, 4) is 6.01 Å². The first-order valence-corrected chi connectivity index (χ1v) is 9.31. The van der Waals surface area contributed by atoms with Crippen molar-refractivity contribution in [2.75, 3.05) is 19.7 Å². The predicted molar refractivity (Wildman–Crippen MR) is 104 cm³/mol. The number of carboxylic acids is 1. The summed E-state index contributed by atoms with van der Waals surface area (Å²) in [5, 5.41) is 9.07. The highest BCUT2D eigenvalue weighted by molar-refractivity contribution is 5.98. The van der Waals surface area contributed by atoms with Crippen LogP contribution in [0.1, 0.15) is 39.6 Å². The molecule has 0 unspecified atom stereocenters. The van der Waals surface area contributed by atoms with Gasteiger partial charge in [0.1, 0.15) is 0 Å². The molecule has 1 fully saturated rings. The molecular formula is C21H21N3O4. The third-order valence-electron chi connectivity index (χ3n) is 4.92. The first kappa shape index (κ1) is 18.0. The Balaban J connectivity index is 1.72. The number of ether oxygens (including phenoxy) is 1. The van der Waals surface area contributed by atoms with Gasteiger partial charge in [-0.05, 0) is 49.2 Å². The maximum atomic E-state index is 12.6. The second kappa shape index (κ2) is 7.34. The highest BCUT2D eigenvalue weighted by Gasteiger charge is 2.23. The van der Waals surface area contributed by atoms with Crippen molar-refractivity contribution in [3.63, 3.8) is 0 Å². The van der Waals surface area contributed by atoms with Crippen LogP contribution in [0.15, 0.2) is 42.5 Å². The molecule has 4 rings (SSSR count). The monoisotopic (exact) mass is 379 g/mol. The number of likely N-dealkylation sites (tertiary alicyclic amines) is 1. The lowest BCUT2D eigenvalue weighted by atomic mass is 10.1. The SMILES string of the molecule is CCOc1nc2ccc(C(=O)N3CCC3)cc2n1Cc1ccc(C(=O)O)cc1. The zero-order valence-electron chi connectivity index (χ0n) is 15.6. The summed E-state index contributed by atoms with van der Waals surface area (Å²) in [6.07, 6.45) is 1.05. The van der Waals surface area contributed by atoms with Crippen LogP contribution in [0.5, 0.6) is 6.01 Å². The van der Waals surface area contributed by atoms with Gasteiger partial charge in [0, 0.05) is 18.7 Å².